The Morgan fingerprint density at radius 1 is 1.37 bits per heavy atom. The van der Waals surface area contributed by atoms with Crippen molar-refractivity contribution in [2.45, 2.75) is 25.3 Å². The summed E-state index contributed by atoms with van der Waals surface area (Å²) in [5, 5.41) is 0. The van der Waals surface area contributed by atoms with E-state index in [0.717, 1.165) is 0 Å². The van der Waals surface area contributed by atoms with Gasteiger partial charge in [-0.1, -0.05) is 6.92 Å². The van der Waals surface area contributed by atoms with Gasteiger partial charge < -0.3 is 10.5 Å². The normalized spacial score (nSPS) is 12.0. The van der Waals surface area contributed by atoms with Gasteiger partial charge in [-0.2, -0.15) is 4.31 Å². The molecule has 1 aromatic rings. The maximum absolute atomic E-state index is 12.4. The number of nitrogens with zero attached hydrogens (tertiary/aromatic N) is 2. The molecule has 19 heavy (non-hydrogen) atoms. The Morgan fingerprint density at radius 3 is 2.58 bits per heavy atom. The minimum absolute atomic E-state index is 0.183. The van der Waals surface area contributed by atoms with Gasteiger partial charge in [-0.3, -0.25) is 4.98 Å². The van der Waals surface area contributed by atoms with Crippen molar-refractivity contribution in [2.24, 2.45) is 5.73 Å². The van der Waals surface area contributed by atoms with Crippen LogP contribution in [0.3, 0.4) is 0 Å². The van der Waals surface area contributed by atoms with Crippen molar-refractivity contribution in [2.75, 3.05) is 26.3 Å². The molecular formula is C12H21N3O3S. The fourth-order valence-electron chi connectivity index (χ4n) is 1.59. The van der Waals surface area contributed by atoms with Crippen LogP contribution in [0.25, 0.3) is 0 Å². The number of rotatable bonds is 8. The Balaban J connectivity index is 2.86. The van der Waals surface area contributed by atoms with Crippen LogP contribution in [-0.4, -0.2) is 44.0 Å². The van der Waals surface area contributed by atoms with Crippen molar-refractivity contribution in [1.29, 1.82) is 0 Å². The molecule has 0 spiro atoms. The first-order valence-corrected chi connectivity index (χ1v) is 7.73. The highest BCUT2D eigenvalue weighted by Crippen LogP contribution is 2.14. The lowest BCUT2D eigenvalue weighted by molar-refractivity contribution is 0.135. The maximum atomic E-state index is 12.4. The number of pyridine rings is 1. The van der Waals surface area contributed by atoms with E-state index in [9.17, 15) is 8.42 Å². The SMILES string of the molecule is CCOCCN(CC)S(=O)(=O)c1ccc(CN)nc1. The quantitative estimate of drug-likeness (QED) is 0.707. The van der Waals surface area contributed by atoms with Crippen LogP contribution >= 0.6 is 0 Å². The summed E-state index contributed by atoms with van der Waals surface area (Å²) in [6, 6.07) is 3.16. The number of nitrogens with two attached hydrogens (primary N) is 1. The van der Waals surface area contributed by atoms with Gasteiger partial charge in [0.05, 0.1) is 12.3 Å². The molecule has 2 N–H and O–H groups in total. The van der Waals surface area contributed by atoms with E-state index in [1.165, 1.54) is 16.6 Å². The van der Waals surface area contributed by atoms with E-state index < -0.39 is 10.0 Å². The number of aromatic nitrogens is 1. The van der Waals surface area contributed by atoms with E-state index in [-0.39, 0.29) is 4.90 Å². The van der Waals surface area contributed by atoms with Gasteiger partial charge in [0.1, 0.15) is 4.90 Å². The second-order valence-corrected chi connectivity index (χ2v) is 5.82. The Morgan fingerprint density at radius 2 is 2.11 bits per heavy atom. The first-order chi connectivity index (χ1) is 9.06. The van der Waals surface area contributed by atoms with Crippen molar-refractivity contribution in [1.82, 2.24) is 9.29 Å². The van der Waals surface area contributed by atoms with E-state index in [0.29, 0.717) is 38.5 Å². The van der Waals surface area contributed by atoms with Gasteiger partial charge in [0.2, 0.25) is 10.0 Å². The van der Waals surface area contributed by atoms with Crippen LogP contribution in [0, 0.1) is 0 Å². The molecule has 0 radical (unpaired) electrons. The van der Waals surface area contributed by atoms with E-state index in [2.05, 4.69) is 4.98 Å². The standard InChI is InChI=1S/C12H21N3O3S/c1-3-15(7-8-18-4-2)19(16,17)12-6-5-11(9-13)14-10-12/h5-6,10H,3-4,7-9,13H2,1-2H3. The van der Waals surface area contributed by atoms with Crippen LogP contribution in [0.1, 0.15) is 19.5 Å². The van der Waals surface area contributed by atoms with Crippen LogP contribution in [0.5, 0.6) is 0 Å². The minimum Gasteiger partial charge on any atom is -0.380 e. The maximum Gasteiger partial charge on any atom is 0.244 e. The lowest BCUT2D eigenvalue weighted by Gasteiger charge is -2.20. The molecule has 0 saturated heterocycles. The van der Waals surface area contributed by atoms with Gasteiger partial charge in [-0.05, 0) is 19.1 Å². The summed E-state index contributed by atoms with van der Waals surface area (Å²) in [6.07, 6.45) is 1.35. The first kappa shape index (κ1) is 16.0. The second-order valence-electron chi connectivity index (χ2n) is 3.88. The molecule has 108 valence electrons. The summed E-state index contributed by atoms with van der Waals surface area (Å²) < 4.78 is 31.3. The third kappa shape index (κ3) is 4.24. The molecule has 0 saturated carbocycles. The molecule has 0 aliphatic carbocycles. The van der Waals surface area contributed by atoms with Crippen LogP contribution in [0.4, 0.5) is 0 Å². The average molecular weight is 287 g/mol. The Kier molecular flexibility index (Phi) is 6.36. The highest BCUT2D eigenvalue weighted by molar-refractivity contribution is 7.89. The van der Waals surface area contributed by atoms with E-state index in [1.807, 2.05) is 6.92 Å². The van der Waals surface area contributed by atoms with Crippen molar-refractivity contribution in [3.63, 3.8) is 0 Å². The molecule has 1 rings (SSSR count). The molecule has 0 atom stereocenters. The second kappa shape index (κ2) is 7.54. The topological polar surface area (TPSA) is 85.5 Å². The predicted octanol–water partition coefficient (Wildman–Crippen LogP) is 0.587. The molecule has 7 heteroatoms. The molecule has 1 heterocycles. The summed E-state index contributed by atoms with van der Waals surface area (Å²) in [7, 11) is -3.51. The smallest absolute Gasteiger partial charge is 0.244 e. The Labute approximate surface area is 114 Å². The van der Waals surface area contributed by atoms with Crippen LogP contribution in [-0.2, 0) is 21.3 Å². The van der Waals surface area contributed by atoms with Crippen molar-refractivity contribution < 1.29 is 13.2 Å². The largest absolute Gasteiger partial charge is 0.380 e. The van der Waals surface area contributed by atoms with Crippen LogP contribution < -0.4 is 5.73 Å². The molecule has 0 aliphatic rings. The zero-order valence-corrected chi connectivity index (χ0v) is 12.2. The number of sulfonamides is 1. The Hall–Kier alpha value is -1.02. The minimum atomic E-state index is -3.51. The fourth-order valence-corrected chi connectivity index (χ4v) is 2.97. The van der Waals surface area contributed by atoms with Gasteiger partial charge >= 0.3 is 0 Å². The highest BCUT2D eigenvalue weighted by Gasteiger charge is 2.22. The summed E-state index contributed by atoms with van der Waals surface area (Å²) in [5.74, 6) is 0. The zero-order valence-electron chi connectivity index (χ0n) is 11.4. The molecule has 0 unspecified atom stereocenters. The monoisotopic (exact) mass is 287 g/mol. The van der Waals surface area contributed by atoms with E-state index >= 15 is 0 Å². The van der Waals surface area contributed by atoms with Gasteiger partial charge in [0.15, 0.2) is 0 Å². The fraction of sp³-hybridized carbons (Fsp3) is 0.583. The van der Waals surface area contributed by atoms with E-state index in [1.54, 1.807) is 13.0 Å². The number of hydrogen-bond donors (Lipinski definition) is 1. The van der Waals surface area contributed by atoms with Crippen LogP contribution in [0.2, 0.25) is 0 Å². The summed E-state index contributed by atoms with van der Waals surface area (Å²) in [5.41, 5.74) is 6.10. The molecule has 0 aromatic carbocycles. The Bertz CT molecular complexity index is 473. The van der Waals surface area contributed by atoms with Crippen molar-refractivity contribution >= 4 is 10.0 Å². The summed E-state index contributed by atoms with van der Waals surface area (Å²) in [6.45, 7) is 5.66. The summed E-state index contributed by atoms with van der Waals surface area (Å²) >= 11 is 0. The average Bonchev–Trinajstić information content (AvgIpc) is 2.43. The molecular weight excluding hydrogens is 266 g/mol. The highest BCUT2D eigenvalue weighted by atomic mass is 32.2. The van der Waals surface area contributed by atoms with Crippen LogP contribution in [0.15, 0.2) is 23.2 Å². The van der Waals surface area contributed by atoms with E-state index in [4.69, 9.17) is 10.5 Å². The van der Waals surface area contributed by atoms with Crippen molar-refractivity contribution in [3.05, 3.63) is 24.0 Å². The van der Waals surface area contributed by atoms with Gasteiger partial charge in [-0.15, -0.1) is 0 Å². The number of hydrogen-bond acceptors (Lipinski definition) is 5. The lowest BCUT2D eigenvalue weighted by Crippen LogP contribution is -2.34. The third-order valence-electron chi connectivity index (χ3n) is 2.69. The van der Waals surface area contributed by atoms with Gasteiger partial charge in [-0.25, -0.2) is 8.42 Å². The molecule has 6 nitrogen and oxygen atoms in total. The number of likely N-dealkylation sites (N-methyl/N-ethyl adjacent to an activating group) is 1. The third-order valence-corrected chi connectivity index (χ3v) is 4.64. The van der Waals surface area contributed by atoms with Crippen molar-refractivity contribution in [3.8, 4) is 0 Å². The first-order valence-electron chi connectivity index (χ1n) is 6.29. The molecule has 0 bridgehead atoms. The molecule has 1 aromatic heterocycles. The lowest BCUT2D eigenvalue weighted by atomic mass is 10.4. The number of ether oxygens (including phenoxy) is 1. The van der Waals surface area contributed by atoms with Gasteiger partial charge in [0, 0.05) is 32.4 Å². The zero-order chi connectivity index (χ0) is 14.3. The van der Waals surface area contributed by atoms with Gasteiger partial charge in [0.25, 0.3) is 0 Å². The molecule has 0 fully saturated rings. The molecule has 0 amide bonds. The predicted molar refractivity (Wildman–Crippen MR) is 73.1 cm³/mol. The molecule has 0 aliphatic heterocycles. The summed E-state index contributed by atoms with van der Waals surface area (Å²) in [4.78, 5) is 4.20.